The molecule has 0 aromatic heterocycles. The number of hydrogen-bond acceptors (Lipinski definition) is 2. The summed E-state index contributed by atoms with van der Waals surface area (Å²) in [6.07, 6.45) is 5.54. The molecule has 0 atom stereocenters. The molecule has 2 N–H and O–H groups in total. The lowest BCUT2D eigenvalue weighted by molar-refractivity contribution is -0.125. The number of carbonyl (C=O) groups excluding carboxylic acids is 1. The highest BCUT2D eigenvalue weighted by Crippen LogP contribution is 2.07. The molecule has 3 nitrogen and oxygen atoms in total. The van der Waals surface area contributed by atoms with Gasteiger partial charge in [-0.3, -0.25) is 4.79 Å². The van der Waals surface area contributed by atoms with Crippen molar-refractivity contribution in [2.75, 3.05) is 19.6 Å². The Bertz CT molecular complexity index is 159. The zero-order valence-corrected chi connectivity index (χ0v) is 6.62. The summed E-state index contributed by atoms with van der Waals surface area (Å²) in [5.41, 5.74) is 5.22. The topological polar surface area (TPSA) is 46.3 Å². The first kappa shape index (κ1) is 8.27. The first-order valence-corrected chi connectivity index (χ1v) is 4.00. The summed E-state index contributed by atoms with van der Waals surface area (Å²) in [5, 5.41) is 0. The minimum absolute atomic E-state index is 0.105. The molecule has 0 radical (unpaired) electrons. The maximum Gasteiger partial charge on any atom is 0.246 e. The average Bonchev–Trinajstić information content (AvgIpc) is 2.52. The zero-order valence-electron chi connectivity index (χ0n) is 6.62. The molecular formula is C8H14N2O. The molecule has 0 bridgehead atoms. The number of carbonyl (C=O) groups is 1. The minimum atomic E-state index is 0.105. The van der Waals surface area contributed by atoms with Gasteiger partial charge in [0, 0.05) is 25.7 Å². The number of amides is 1. The molecular weight excluding hydrogens is 140 g/mol. The summed E-state index contributed by atoms with van der Waals surface area (Å²) in [6, 6.07) is 0. The van der Waals surface area contributed by atoms with Gasteiger partial charge in [-0.05, 0) is 12.8 Å². The molecule has 0 aromatic carbocycles. The van der Waals surface area contributed by atoms with Gasteiger partial charge in [0.1, 0.15) is 0 Å². The molecule has 1 rings (SSSR count). The first-order valence-electron chi connectivity index (χ1n) is 4.00. The lowest BCUT2D eigenvalue weighted by atomic mass is 10.4. The van der Waals surface area contributed by atoms with Gasteiger partial charge >= 0.3 is 0 Å². The van der Waals surface area contributed by atoms with Crippen LogP contribution in [0.25, 0.3) is 0 Å². The predicted molar refractivity (Wildman–Crippen MR) is 44.0 cm³/mol. The molecule has 1 aliphatic rings. The summed E-state index contributed by atoms with van der Waals surface area (Å²) in [7, 11) is 0. The monoisotopic (exact) mass is 154 g/mol. The second-order valence-corrected chi connectivity index (χ2v) is 2.67. The van der Waals surface area contributed by atoms with Crippen molar-refractivity contribution in [2.24, 2.45) is 5.73 Å². The van der Waals surface area contributed by atoms with Gasteiger partial charge in [0.25, 0.3) is 0 Å². The summed E-state index contributed by atoms with van der Waals surface area (Å²) in [6.45, 7) is 2.26. The van der Waals surface area contributed by atoms with Crippen LogP contribution in [0, 0.1) is 0 Å². The standard InChI is InChI=1S/C8H14N2O/c9-5-3-4-8(11)10-6-1-2-7-10/h3-4H,1-2,5-7,9H2/b4-3+. The number of hydrogen-bond donors (Lipinski definition) is 1. The third-order valence-electron chi connectivity index (χ3n) is 1.81. The van der Waals surface area contributed by atoms with Crippen molar-refractivity contribution in [2.45, 2.75) is 12.8 Å². The van der Waals surface area contributed by atoms with Crippen LogP contribution in [0.3, 0.4) is 0 Å². The van der Waals surface area contributed by atoms with E-state index < -0.39 is 0 Å². The largest absolute Gasteiger partial charge is 0.339 e. The first-order chi connectivity index (χ1) is 5.34. The van der Waals surface area contributed by atoms with Crippen LogP contribution in [-0.4, -0.2) is 30.4 Å². The molecule has 1 amide bonds. The fourth-order valence-electron chi connectivity index (χ4n) is 1.21. The Morgan fingerprint density at radius 3 is 2.64 bits per heavy atom. The van der Waals surface area contributed by atoms with Gasteiger partial charge in [0.05, 0.1) is 0 Å². The van der Waals surface area contributed by atoms with Gasteiger partial charge in [-0.1, -0.05) is 6.08 Å². The Hall–Kier alpha value is -0.830. The van der Waals surface area contributed by atoms with E-state index in [-0.39, 0.29) is 5.91 Å². The Morgan fingerprint density at radius 1 is 1.45 bits per heavy atom. The molecule has 3 heteroatoms. The number of likely N-dealkylation sites (tertiary alicyclic amines) is 1. The Morgan fingerprint density at radius 2 is 2.09 bits per heavy atom. The summed E-state index contributed by atoms with van der Waals surface area (Å²) in [5.74, 6) is 0.105. The van der Waals surface area contributed by atoms with Gasteiger partial charge in [-0.2, -0.15) is 0 Å². The molecule has 1 saturated heterocycles. The van der Waals surface area contributed by atoms with Crippen molar-refractivity contribution in [1.29, 1.82) is 0 Å². The number of rotatable bonds is 2. The van der Waals surface area contributed by atoms with Crippen molar-refractivity contribution in [3.05, 3.63) is 12.2 Å². The predicted octanol–water partition coefficient (Wildman–Crippen LogP) is 0.124. The van der Waals surface area contributed by atoms with Crippen LogP contribution >= 0.6 is 0 Å². The summed E-state index contributed by atoms with van der Waals surface area (Å²) < 4.78 is 0. The van der Waals surface area contributed by atoms with E-state index in [4.69, 9.17) is 5.73 Å². The van der Waals surface area contributed by atoms with Crippen LogP contribution in [0.5, 0.6) is 0 Å². The van der Waals surface area contributed by atoms with Crippen molar-refractivity contribution < 1.29 is 4.79 Å². The van der Waals surface area contributed by atoms with Crippen molar-refractivity contribution in [3.8, 4) is 0 Å². The Kier molecular flexibility index (Phi) is 3.11. The SMILES string of the molecule is NC/C=C/C(=O)N1CCCC1. The van der Waals surface area contributed by atoms with Crippen LogP contribution in [0.4, 0.5) is 0 Å². The maximum absolute atomic E-state index is 11.2. The van der Waals surface area contributed by atoms with E-state index >= 15 is 0 Å². The quantitative estimate of drug-likeness (QED) is 0.574. The van der Waals surface area contributed by atoms with Gasteiger partial charge in [0.15, 0.2) is 0 Å². The molecule has 0 aliphatic carbocycles. The lowest BCUT2D eigenvalue weighted by Gasteiger charge is -2.11. The second-order valence-electron chi connectivity index (χ2n) is 2.67. The smallest absolute Gasteiger partial charge is 0.246 e. The van der Waals surface area contributed by atoms with Gasteiger partial charge in [0.2, 0.25) is 5.91 Å². The van der Waals surface area contributed by atoms with Crippen LogP contribution in [0.15, 0.2) is 12.2 Å². The van der Waals surface area contributed by atoms with Gasteiger partial charge < -0.3 is 10.6 Å². The van der Waals surface area contributed by atoms with Crippen LogP contribution < -0.4 is 5.73 Å². The van der Waals surface area contributed by atoms with E-state index in [9.17, 15) is 4.79 Å². The number of nitrogens with zero attached hydrogens (tertiary/aromatic N) is 1. The van der Waals surface area contributed by atoms with E-state index in [1.54, 1.807) is 12.2 Å². The third kappa shape index (κ3) is 2.35. The Labute approximate surface area is 66.9 Å². The molecule has 1 aliphatic heterocycles. The van der Waals surface area contributed by atoms with Crippen LogP contribution in [0.1, 0.15) is 12.8 Å². The molecule has 0 aromatic rings. The molecule has 1 heterocycles. The molecule has 0 spiro atoms. The highest BCUT2D eigenvalue weighted by atomic mass is 16.2. The van der Waals surface area contributed by atoms with Crippen molar-refractivity contribution in [1.82, 2.24) is 4.90 Å². The molecule has 62 valence electrons. The highest BCUT2D eigenvalue weighted by Gasteiger charge is 2.14. The molecule has 11 heavy (non-hydrogen) atoms. The van der Waals surface area contributed by atoms with E-state index in [1.165, 1.54) is 0 Å². The van der Waals surface area contributed by atoms with Crippen molar-refractivity contribution >= 4 is 5.91 Å². The second kappa shape index (κ2) is 4.13. The normalized spacial score (nSPS) is 18.1. The van der Waals surface area contributed by atoms with Crippen molar-refractivity contribution in [3.63, 3.8) is 0 Å². The molecule has 0 saturated carbocycles. The number of nitrogens with two attached hydrogens (primary N) is 1. The van der Waals surface area contributed by atoms with Gasteiger partial charge in [-0.25, -0.2) is 0 Å². The van der Waals surface area contributed by atoms with Crippen LogP contribution in [-0.2, 0) is 4.79 Å². The minimum Gasteiger partial charge on any atom is -0.339 e. The third-order valence-corrected chi connectivity index (χ3v) is 1.81. The van der Waals surface area contributed by atoms with Crippen LogP contribution in [0.2, 0.25) is 0 Å². The van der Waals surface area contributed by atoms with Gasteiger partial charge in [-0.15, -0.1) is 0 Å². The van der Waals surface area contributed by atoms with E-state index in [1.807, 2.05) is 4.90 Å². The van der Waals surface area contributed by atoms with E-state index in [0.717, 1.165) is 25.9 Å². The highest BCUT2D eigenvalue weighted by molar-refractivity contribution is 5.87. The summed E-state index contributed by atoms with van der Waals surface area (Å²) in [4.78, 5) is 13.0. The summed E-state index contributed by atoms with van der Waals surface area (Å²) >= 11 is 0. The van der Waals surface area contributed by atoms with E-state index in [2.05, 4.69) is 0 Å². The zero-order chi connectivity index (χ0) is 8.10. The fraction of sp³-hybridized carbons (Fsp3) is 0.625. The van der Waals surface area contributed by atoms with E-state index in [0.29, 0.717) is 6.54 Å². The fourth-order valence-corrected chi connectivity index (χ4v) is 1.21. The maximum atomic E-state index is 11.2. The average molecular weight is 154 g/mol. The lowest BCUT2D eigenvalue weighted by Crippen LogP contribution is -2.25. The Balaban J connectivity index is 2.34. The molecule has 1 fully saturated rings. The molecule has 0 unspecified atom stereocenters.